The van der Waals surface area contributed by atoms with Gasteiger partial charge in [-0.2, -0.15) is 11.8 Å². The molecule has 0 aliphatic heterocycles. The van der Waals surface area contributed by atoms with Gasteiger partial charge in [-0.3, -0.25) is 9.59 Å². The number of aromatic amines is 1. The van der Waals surface area contributed by atoms with E-state index in [1.807, 2.05) is 0 Å². The molecule has 1 amide bonds. The van der Waals surface area contributed by atoms with E-state index in [-0.39, 0.29) is 16.9 Å². The topological polar surface area (TPSA) is 62.0 Å². The number of aromatic nitrogens is 1. The van der Waals surface area contributed by atoms with Crippen LogP contribution >= 0.6 is 11.8 Å². The van der Waals surface area contributed by atoms with Gasteiger partial charge in [-0.25, -0.2) is 0 Å². The number of amides is 1. The molecule has 5 heteroatoms. The van der Waals surface area contributed by atoms with Crippen molar-refractivity contribution in [2.45, 2.75) is 19.8 Å². The van der Waals surface area contributed by atoms with Gasteiger partial charge in [0.25, 0.3) is 5.91 Å². The SMILES string of the molecule is CSCCCCNC(=O)c1c[nH]c(C)cc1=O. The summed E-state index contributed by atoms with van der Waals surface area (Å²) in [6.45, 7) is 2.40. The first-order valence-electron chi connectivity index (χ1n) is 5.61. The summed E-state index contributed by atoms with van der Waals surface area (Å²) in [5.74, 6) is 0.802. The molecule has 1 rings (SSSR count). The average molecular weight is 254 g/mol. The number of rotatable bonds is 6. The molecule has 0 saturated heterocycles. The van der Waals surface area contributed by atoms with E-state index in [9.17, 15) is 9.59 Å². The number of unbranched alkanes of at least 4 members (excludes halogenated alkanes) is 1. The number of nitrogens with one attached hydrogen (secondary N) is 2. The van der Waals surface area contributed by atoms with E-state index in [2.05, 4.69) is 16.6 Å². The summed E-state index contributed by atoms with van der Waals surface area (Å²) in [5, 5.41) is 2.75. The Balaban J connectivity index is 2.45. The maximum Gasteiger partial charge on any atom is 0.256 e. The number of H-pyrrole nitrogens is 1. The third kappa shape index (κ3) is 4.65. The number of aryl methyl sites for hydroxylation is 1. The molecule has 0 bridgehead atoms. The van der Waals surface area contributed by atoms with Gasteiger partial charge in [-0.1, -0.05) is 0 Å². The third-order valence-electron chi connectivity index (χ3n) is 2.36. The normalized spacial score (nSPS) is 10.2. The van der Waals surface area contributed by atoms with Crippen LogP contribution in [-0.2, 0) is 0 Å². The van der Waals surface area contributed by atoms with Gasteiger partial charge in [-0.05, 0) is 31.8 Å². The monoisotopic (exact) mass is 254 g/mol. The predicted molar refractivity (Wildman–Crippen MR) is 71.7 cm³/mol. The van der Waals surface area contributed by atoms with Crippen LogP contribution in [0.2, 0.25) is 0 Å². The predicted octanol–water partition coefficient (Wildman–Crippen LogP) is 1.56. The van der Waals surface area contributed by atoms with Crippen LogP contribution < -0.4 is 10.7 Å². The maximum absolute atomic E-state index is 11.7. The van der Waals surface area contributed by atoms with Crippen molar-refractivity contribution in [1.29, 1.82) is 0 Å². The van der Waals surface area contributed by atoms with Gasteiger partial charge in [0, 0.05) is 24.5 Å². The van der Waals surface area contributed by atoms with Crippen molar-refractivity contribution >= 4 is 17.7 Å². The zero-order chi connectivity index (χ0) is 12.7. The second-order valence-corrected chi connectivity index (χ2v) is 4.84. The van der Waals surface area contributed by atoms with Crippen molar-refractivity contribution in [2.75, 3.05) is 18.6 Å². The first-order chi connectivity index (χ1) is 8.15. The van der Waals surface area contributed by atoms with Gasteiger partial charge >= 0.3 is 0 Å². The molecule has 0 unspecified atom stereocenters. The van der Waals surface area contributed by atoms with Gasteiger partial charge in [0.1, 0.15) is 5.56 Å². The van der Waals surface area contributed by atoms with Crippen LogP contribution in [0.4, 0.5) is 0 Å². The van der Waals surface area contributed by atoms with E-state index in [1.54, 1.807) is 18.7 Å². The molecular weight excluding hydrogens is 236 g/mol. The van der Waals surface area contributed by atoms with Crippen molar-refractivity contribution in [3.8, 4) is 0 Å². The van der Waals surface area contributed by atoms with Crippen molar-refractivity contribution < 1.29 is 4.79 Å². The van der Waals surface area contributed by atoms with E-state index in [0.29, 0.717) is 6.54 Å². The Bertz CT molecular complexity index is 429. The Morgan fingerprint density at radius 3 is 2.88 bits per heavy atom. The van der Waals surface area contributed by atoms with Gasteiger partial charge in [0.15, 0.2) is 5.43 Å². The second kappa shape index (κ2) is 7.17. The molecule has 1 heterocycles. The van der Waals surface area contributed by atoms with Gasteiger partial charge < -0.3 is 10.3 Å². The molecule has 4 nitrogen and oxygen atoms in total. The molecule has 1 aromatic rings. The standard InChI is InChI=1S/C12H18N2O2S/c1-9-7-11(15)10(8-14-9)12(16)13-5-3-4-6-17-2/h7-8H,3-6H2,1-2H3,(H,13,16)(H,14,15). The number of thioether (sulfide) groups is 1. The van der Waals surface area contributed by atoms with Crippen molar-refractivity contribution in [1.82, 2.24) is 10.3 Å². The summed E-state index contributed by atoms with van der Waals surface area (Å²) in [4.78, 5) is 26.1. The van der Waals surface area contributed by atoms with Crippen molar-refractivity contribution in [3.63, 3.8) is 0 Å². The molecule has 94 valence electrons. The fourth-order valence-electron chi connectivity index (χ4n) is 1.42. The third-order valence-corrected chi connectivity index (χ3v) is 3.06. The van der Waals surface area contributed by atoms with Crippen molar-refractivity contribution in [3.05, 3.63) is 33.7 Å². The van der Waals surface area contributed by atoms with Crippen LogP contribution in [0.25, 0.3) is 0 Å². The summed E-state index contributed by atoms with van der Waals surface area (Å²) >= 11 is 1.79. The minimum atomic E-state index is -0.296. The Morgan fingerprint density at radius 1 is 1.47 bits per heavy atom. The van der Waals surface area contributed by atoms with Gasteiger partial charge in [0.2, 0.25) is 0 Å². The Morgan fingerprint density at radius 2 is 2.24 bits per heavy atom. The Hall–Kier alpha value is -1.23. The zero-order valence-corrected chi connectivity index (χ0v) is 11.0. The molecule has 0 radical (unpaired) electrons. The molecule has 0 atom stereocenters. The smallest absolute Gasteiger partial charge is 0.256 e. The highest BCUT2D eigenvalue weighted by atomic mass is 32.2. The fourth-order valence-corrected chi connectivity index (χ4v) is 1.91. The van der Waals surface area contributed by atoms with E-state index in [4.69, 9.17) is 0 Å². The number of carbonyl (C=O) groups excluding carboxylic acids is 1. The molecule has 0 spiro atoms. The number of hydrogen-bond acceptors (Lipinski definition) is 3. The number of carbonyl (C=O) groups is 1. The molecule has 1 aromatic heterocycles. The molecule has 0 aromatic carbocycles. The highest BCUT2D eigenvalue weighted by Crippen LogP contribution is 1.98. The molecule has 0 fully saturated rings. The van der Waals surface area contributed by atoms with E-state index >= 15 is 0 Å². The highest BCUT2D eigenvalue weighted by Gasteiger charge is 2.08. The summed E-state index contributed by atoms with van der Waals surface area (Å²) in [6.07, 6.45) is 5.54. The summed E-state index contributed by atoms with van der Waals surface area (Å²) in [6, 6.07) is 1.43. The lowest BCUT2D eigenvalue weighted by molar-refractivity contribution is 0.0952. The molecule has 17 heavy (non-hydrogen) atoms. The number of hydrogen-bond donors (Lipinski definition) is 2. The minimum absolute atomic E-state index is 0.181. The van der Waals surface area contributed by atoms with Crippen LogP contribution in [0.3, 0.4) is 0 Å². The van der Waals surface area contributed by atoms with E-state index in [1.165, 1.54) is 12.3 Å². The minimum Gasteiger partial charge on any atom is -0.364 e. The van der Waals surface area contributed by atoms with Crippen LogP contribution in [0.5, 0.6) is 0 Å². The second-order valence-electron chi connectivity index (χ2n) is 3.85. The lowest BCUT2D eigenvalue weighted by atomic mass is 10.2. The van der Waals surface area contributed by atoms with Crippen molar-refractivity contribution in [2.24, 2.45) is 0 Å². The Kier molecular flexibility index (Phi) is 5.83. The lowest BCUT2D eigenvalue weighted by Gasteiger charge is -2.04. The van der Waals surface area contributed by atoms with Crippen LogP contribution in [0, 0.1) is 6.92 Å². The largest absolute Gasteiger partial charge is 0.364 e. The maximum atomic E-state index is 11.7. The Labute approximate surface area is 105 Å². The molecule has 0 aliphatic rings. The van der Waals surface area contributed by atoms with Crippen LogP contribution in [0.15, 0.2) is 17.1 Å². The lowest BCUT2D eigenvalue weighted by Crippen LogP contribution is -2.29. The van der Waals surface area contributed by atoms with E-state index < -0.39 is 0 Å². The summed E-state index contributed by atoms with van der Waals surface area (Å²) in [5.41, 5.74) is 0.704. The average Bonchev–Trinajstić information content (AvgIpc) is 2.28. The van der Waals surface area contributed by atoms with E-state index in [0.717, 1.165) is 24.3 Å². The van der Waals surface area contributed by atoms with Gasteiger partial charge in [-0.15, -0.1) is 0 Å². The van der Waals surface area contributed by atoms with Crippen LogP contribution in [0.1, 0.15) is 28.9 Å². The zero-order valence-electron chi connectivity index (χ0n) is 10.2. The number of pyridine rings is 1. The molecule has 0 aliphatic carbocycles. The highest BCUT2D eigenvalue weighted by molar-refractivity contribution is 7.98. The molecule has 0 saturated carbocycles. The molecule has 2 N–H and O–H groups in total. The quantitative estimate of drug-likeness (QED) is 0.757. The van der Waals surface area contributed by atoms with Gasteiger partial charge in [0.05, 0.1) is 0 Å². The summed E-state index contributed by atoms with van der Waals surface area (Å²) in [7, 11) is 0. The first kappa shape index (κ1) is 13.8. The molecular formula is C12H18N2O2S. The first-order valence-corrected chi connectivity index (χ1v) is 7.01. The fraction of sp³-hybridized carbons (Fsp3) is 0.500. The summed E-state index contributed by atoms with van der Waals surface area (Å²) < 4.78 is 0. The van der Waals surface area contributed by atoms with Crippen LogP contribution in [-0.4, -0.2) is 29.4 Å².